The Balaban J connectivity index is 1.32. The monoisotopic (exact) mass is 539 g/mol. The fraction of sp³-hybridized carbons (Fsp3) is 0.882. The van der Waals surface area contributed by atoms with E-state index >= 15 is 0 Å². The van der Waals surface area contributed by atoms with E-state index < -0.39 is 11.5 Å². The minimum atomic E-state index is -0.499. The number of carbonyl (C=O) groups excluding carboxylic acids is 2. The lowest BCUT2D eigenvalue weighted by Gasteiger charge is -2.58. The fourth-order valence-corrected chi connectivity index (χ4v) is 10.7. The zero-order valence-corrected chi connectivity index (χ0v) is 26.7. The topological polar surface area (TPSA) is 43.9 Å². The third kappa shape index (κ3) is 4.43. The van der Waals surface area contributed by atoms with Gasteiger partial charge in [0, 0.05) is 38.1 Å². The summed E-state index contributed by atoms with van der Waals surface area (Å²) < 4.78 is 0. The molecular formula is C34H57N3O2. The number of rotatable bonds is 4. The van der Waals surface area contributed by atoms with Crippen molar-refractivity contribution in [2.45, 2.75) is 118 Å². The summed E-state index contributed by atoms with van der Waals surface area (Å²) in [5, 5.41) is 0. The summed E-state index contributed by atoms with van der Waals surface area (Å²) in [6, 6.07) is 0.548. The normalized spacial score (nSPS) is 40.7. The molecule has 0 aromatic carbocycles. The van der Waals surface area contributed by atoms with Crippen LogP contribution in [0.1, 0.15) is 99.8 Å². The van der Waals surface area contributed by atoms with Gasteiger partial charge >= 0.3 is 0 Å². The van der Waals surface area contributed by atoms with E-state index in [0.717, 1.165) is 42.6 Å². The van der Waals surface area contributed by atoms with Crippen LogP contribution in [0.3, 0.4) is 0 Å². The highest BCUT2D eigenvalue weighted by Gasteiger charge is 2.64. The van der Waals surface area contributed by atoms with Gasteiger partial charge in [-0.2, -0.15) is 0 Å². The molecule has 3 saturated carbocycles. The summed E-state index contributed by atoms with van der Waals surface area (Å²) in [7, 11) is 6.17. The summed E-state index contributed by atoms with van der Waals surface area (Å²) in [5.41, 5.74) is 1.99. The Bertz CT molecular complexity index is 1010. The van der Waals surface area contributed by atoms with Gasteiger partial charge in [-0.25, -0.2) is 0 Å². The van der Waals surface area contributed by atoms with Gasteiger partial charge in [0.2, 0.25) is 11.8 Å². The minimum Gasteiger partial charge on any atom is -0.341 e. The standard InChI is InChI=1S/C34H57N3O2/c1-21(2)29(37(10)31(39)32(4,5)6)30(38)36(9)24-15-17-33(7)23(19-24)11-12-25-27(33)16-18-34-20-35(8)22(3)26(34)13-14-28(25)34/h11,21-22,24-29H,12-20H2,1-10H3/t22-,24-,25+,26+,27?,28-,29+,33-,34-/m0/s1. The Labute approximate surface area is 239 Å². The van der Waals surface area contributed by atoms with Gasteiger partial charge in [0.15, 0.2) is 0 Å². The highest BCUT2D eigenvalue weighted by molar-refractivity contribution is 5.89. The molecule has 5 heteroatoms. The first-order valence-corrected chi connectivity index (χ1v) is 16.1. The number of hydrogen-bond donors (Lipinski definition) is 0. The molecule has 1 spiro atoms. The molecule has 9 atom stereocenters. The molecule has 5 aliphatic rings. The van der Waals surface area contributed by atoms with Crippen molar-refractivity contribution in [2.24, 2.45) is 45.8 Å². The van der Waals surface area contributed by atoms with Crippen molar-refractivity contribution in [3.05, 3.63) is 11.6 Å². The third-order valence-corrected chi connectivity index (χ3v) is 12.8. The largest absolute Gasteiger partial charge is 0.341 e. The molecule has 2 amide bonds. The molecule has 0 aromatic heterocycles. The molecule has 39 heavy (non-hydrogen) atoms. The number of hydrogen-bond acceptors (Lipinski definition) is 3. The number of likely N-dealkylation sites (tertiary alicyclic amines) is 1. The van der Waals surface area contributed by atoms with E-state index in [1.807, 2.05) is 39.8 Å². The van der Waals surface area contributed by atoms with Crippen molar-refractivity contribution in [3.63, 3.8) is 0 Å². The number of allylic oxidation sites excluding steroid dienone is 1. The van der Waals surface area contributed by atoms with Crippen molar-refractivity contribution in [1.82, 2.24) is 14.7 Å². The average molecular weight is 540 g/mol. The second-order valence-corrected chi connectivity index (χ2v) is 16.1. The second-order valence-electron chi connectivity index (χ2n) is 16.1. The van der Waals surface area contributed by atoms with E-state index in [-0.39, 0.29) is 29.2 Å². The lowest BCUT2D eigenvalue weighted by atomic mass is 9.47. The first kappa shape index (κ1) is 29.1. The van der Waals surface area contributed by atoms with Gasteiger partial charge in [0.1, 0.15) is 6.04 Å². The molecule has 220 valence electrons. The van der Waals surface area contributed by atoms with E-state index in [0.29, 0.717) is 5.41 Å². The van der Waals surface area contributed by atoms with Gasteiger partial charge in [-0.1, -0.05) is 53.2 Å². The molecule has 5 rings (SSSR count). The van der Waals surface area contributed by atoms with Crippen LogP contribution in [0.25, 0.3) is 0 Å². The van der Waals surface area contributed by atoms with E-state index in [1.165, 1.54) is 45.1 Å². The van der Waals surface area contributed by atoms with Gasteiger partial charge in [-0.3, -0.25) is 9.59 Å². The molecule has 0 radical (unpaired) electrons. The number of nitrogens with zero attached hydrogens (tertiary/aromatic N) is 3. The quantitative estimate of drug-likeness (QED) is 0.398. The molecule has 1 heterocycles. The number of carbonyl (C=O) groups is 2. The Morgan fingerprint density at radius 1 is 1.03 bits per heavy atom. The van der Waals surface area contributed by atoms with Crippen molar-refractivity contribution < 1.29 is 9.59 Å². The zero-order chi connectivity index (χ0) is 28.7. The van der Waals surface area contributed by atoms with Crippen molar-refractivity contribution in [2.75, 3.05) is 27.7 Å². The molecule has 4 fully saturated rings. The second kappa shape index (κ2) is 9.88. The number of likely N-dealkylation sites (N-methyl/N-ethyl adjacent to an activating group) is 2. The average Bonchev–Trinajstić information content (AvgIpc) is 3.35. The number of amides is 2. The van der Waals surface area contributed by atoms with Gasteiger partial charge in [-0.15, -0.1) is 0 Å². The molecule has 1 unspecified atom stereocenters. The van der Waals surface area contributed by atoms with Crippen LogP contribution in [0, 0.1) is 45.8 Å². The van der Waals surface area contributed by atoms with Gasteiger partial charge in [0.25, 0.3) is 0 Å². The predicted octanol–water partition coefficient (Wildman–Crippen LogP) is 6.24. The maximum Gasteiger partial charge on any atom is 0.245 e. The maximum absolute atomic E-state index is 13.9. The van der Waals surface area contributed by atoms with Crippen LogP contribution >= 0.6 is 0 Å². The molecule has 5 nitrogen and oxygen atoms in total. The first-order valence-electron chi connectivity index (χ1n) is 16.1. The van der Waals surface area contributed by atoms with Gasteiger partial charge < -0.3 is 14.7 Å². The fourth-order valence-electron chi connectivity index (χ4n) is 10.7. The smallest absolute Gasteiger partial charge is 0.245 e. The molecule has 0 N–H and O–H groups in total. The summed E-state index contributed by atoms with van der Waals surface area (Å²) in [4.78, 5) is 33.4. The van der Waals surface area contributed by atoms with Crippen LogP contribution in [-0.2, 0) is 9.59 Å². The van der Waals surface area contributed by atoms with Crippen molar-refractivity contribution >= 4 is 11.8 Å². The molecule has 1 saturated heterocycles. The van der Waals surface area contributed by atoms with Crippen LogP contribution in [0.5, 0.6) is 0 Å². The minimum absolute atomic E-state index is 0.0345. The SMILES string of the molecule is CC(C)[C@H](C(=O)N(C)[C@H]1CC[C@@]2(C)C(=CC[C@@H]3C2CC[C@]24CN(C)[C@@H](C)[C@H]2CC[C@@H]34)C1)N(C)C(=O)C(C)(C)C. The Hall–Kier alpha value is -1.36. The first-order chi connectivity index (χ1) is 18.1. The van der Waals surface area contributed by atoms with E-state index in [2.05, 4.69) is 45.7 Å². The summed E-state index contributed by atoms with van der Waals surface area (Å²) >= 11 is 0. The lowest BCUT2D eigenvalue weighted by Crippen LogP contribution is -2.57. The van der Waals surface area contributed by atoms with Crippen LogP contribution in [0.4, 0.5) is 0 Å². The highest BCUT2D eigenvalue weighted by atomic mass is 16.2. The van der Waals surface area contributed by atoms with Crippen molar-refractivity contribution in [3.8, 4) is 0 Å². The zero-order valence-electron chi connectivity index (χ0n) is 26.7. The van der Waals surface area contributed by atoms with E-state index in [9.17, 15) is 9.59 Å². The third-order valence-electron chi connectivity index (χ3n) is 12.8. The Morgan fingerprint density at radius 2 is 1.69 bits per heavy atom. The Morgan fingerprint density at radius 3 is 2.33 bits per heavy atom. The maximum atomic E-state index is 13.9. The molecule has 4 aliphatic carbocycles. The van der Waals surface area contributed by atoms with Gasteiger partial charge in [0.05, 0.1) is 0 Å². The number of fused-ring (bicyclic) bond motifs is 4. The molecule has 0 aromatic rings. The van der Waals surface area contributed by atoms with Crippen LogP contribution in [-0.4, -0.2) is 72.3 Å². The van der Waals surface area contributed by atoms with E-state index in [4.69, 9.17) is 0 Å². The van der Waals surface area contributed by atoms with Crippen LogP contribution in [0.2, 0.25) is 0 Å². The Kier molecular flexibility index (Phi) is 7.38. The van der Waals surface area contributed by atoms with Crippen LogP contribution < -0.4 is 0 Å². The molecule has 1 aliphatic heterocycles. The lowest BCUT2D eigenvalue weighted by molar-refractivity contribution is -0.151. The summed E-state index contributed by atoms with van der Waals surface area (Å²) in [6.07, 6.45) is 12.8. The van der Waals surface area contributed by atoms with E-state index in [1.54, 1.807) is 10.5 Å². The summed E-state index contributed by atoms with van der Waals surface area (Å²) in [6.45, 7) is 16.3. The highest BCUT2D eigenvalue weighted by Crippen LogP contribution is 2.68. The van der Waals surface area contributed by atoms with Gasteiger partial charge in [-0.05, 0) is 106 Å². The predicted molar refractivity (Wildman–Crippen MR) is 159 cm³/mol. The summed E-state index contributed by atoms with van der Waals surface area (Å²) in [5.74, 6) is 3.65. The molecule has 0 bridgehead atoms. The molecular weight excluding hydrogens is 482 g/mol. The van der Waals surface area contributed by atoms with Crippen LogP contribution in [0.15, 0.2) is 11.6 Å². The van der Waals surface area contributed by atoms with Crippen molar-refractivity contribution in [1.29, 1.82) is 0 Å².